The van der Waals surface area contributed by atoms with Crippen LogP contribution in [-0.4, -0.2) is 19.6 Å². The van der Waals surface area contributed by atoms with Crippen molar-refractivity contribution < 1.29 is 13.2 Å². The molecule has 0 saturated carbocycles. The lowest BCUT2D eigenvalue weighted by Gasteiger charge is -2.05. The molecular weight excluding hydrogens is 269 g/mol. The number of nitrogens with zero attached hydrogens (tertiary/aromatic N) is 4. The Hall–Kier alpha value is -2.44. The van der Waals surface area contributed by atoms with Crippen LogP contribution < -0.4 is 0 Å². The monoisotopic (exact) mass is 278 g/mol. The molecule has 2 heterocycles. The summed E-state index contributed by atoms with van der Waals surface area (Å²) in [5, 5.41) is 7.59. The molecule has 102 valence electrons. The summed E-state index contributed by atoms with van der Waals surface area (Å²) < 4.78 is 39.1. The number of benzene rings is 1. The van der Waals surface area contributed by atoms with Gasteiger partial charge in [-0.1, -0.05) is 29.8 Å². The van der Waals surface area contributed by atoms with Crippen molar-refractivity contribution in [3.8, 4) is 11.4 Å². The van der Waals surface area contributed by atoms with Gasteiger partial charge in [0.05, 0.1) is 0 Å². The van der Waals surface area contributed by atoms with E-state index in [4.69, 9.17) is 0 Å². The molecule has 4 nitrogen and oxygen atoms in total. The second-order valence-electron chi connectivity index (χ2n) is 4.37. The lowest BCUT2D eigenvalue weighted by molar-refractivity contribution is -0.141. The molecule has 0 radical (unpaired) electrons. The summed E-state index contributed by atoms with van der Waals surface area (Å²) in [6.45, 7) is 1.95. The molecule has 0 bridgehead atoms. The zero-order valence-electron chi connectivity index (χ0n) is 10.4. The third-order valence-corrected chi connectivity index (χ3v) is 2.88. The van der Waals surface area contributed by atoms with Gasteiger partial charge in [-0.15, -0.1) is 10.2 Å². The second-order valence-corrected chi connectivity index (χ2v) is 4.37. The molecule has 20 heavy (non-hydrogen) atoms. The number of hydrogen-bond acceptors (Lipinski definition) is 3. The fourth-order valence-corrected chi connectivity index (χ4v) is 1.84. The van der Waals surface area contributed by atoms with Crippen molar-refractivity contribution in [2.45, 2.75) is 13.1 Å². The lowest BCUT2D eigenvalue weighted by atomic mass is 10.1. The van der Waals surface area contributed by atoms with Gasteiger partial charge in [-0.3, -0.25) is 4.40 Å². The molecule has 0 spiro atoms. The zero-order valence-corrected chi connectivity index (χ0v) is 10.4. The van der Waals surface area contributed by atoms with E-state index in [-0.39, 0.29) is 5.78 Å². The fraction of sp³-hybridized carbons (Fsp3) is 0.154. The standard InChI is InChI=1S/C13H9F3N4/c1-8-2-4-9(5-3-8)11-18-19-12-17-10(13(14,15)16)6-7-20(11)12/h2-7H,1H3. The average Bonchev–Trinajstić information content (AvgIpc) is 2.81. The van der Waals surface area contributed by atoms with E-state index < -0.39 is 11.9 Å². The van der Waals surface area contributed by atoms with Crippen molar-refractivity contribution in [2.75, 3.05) is 0 Å². The van der Waals surface area contributed by atoms with Gasteiger partial charge in [0.25, 0.3) is 5.78 Å². The van der Waals surface area contributed by atoms with Gasteiger partial charge in [0, 0.05) is 11.8 Å². The van der Waals surface area contributed by atoms with Crippen LogP contribution in [0.25, 0.3) is 17.2 Å². The van der Waals surface area contributed by atoms with Crippen molar-refractivity contribution in [3.63, 3.8) is 0 Å². The Labute approximate surface area is 111 Å². The van der Waals surface area contributed by atoms with Crippen LogP contribution in [-0.2, 0) is 6.18 Å². The predicted octanol–water partition coefficient (Wildman–Crippen LogP) is 3.12. The van der Waals surface area contributed by atoms with Crippen molar-refractivity contribution in [3.05, 3.63) is 47.8 Å². The van der Waals surface area contributed by atoms with Gasteiger partial charge in [-0.2, -0.15) is 13.2 Å². The van der Waals surface area contributed by atoms with Crippen molar-refractivity contribution in [2.24, 2.45) is 0 Å². The van der Waals surface area contributed by atoms with Gasteiger partial charge in [0.15, 0.2) is 5.82 Å². The first-order valence-electron chi connectivity index (χ1n) is 5.81. The van der Waals surface area contributed by atoms with Gasteiger partial charge in [-0.25, -0.2) is 4.98 Å². The molecule has 3 aromatic rings. The molecule has 1 aromatic carbocycles. The van der Waals surface area contributed by atoms with Crippen LogP contribution in [0.1, 0.15) is 11.3 Å². The Bertz CT molecular complexity index is 759. The third-order valence-electron chi connectivity index (χ3n) is 2.88. The maximum atomic E-state index is 12.6. The molecule has 0 fully saturated rings. The minimum atomic E-state index is -4.49. The number of alkyl halides is 3. The number of aryl methyl sites for hydroxylation is 1. The van der Waals surface area contributed by atoms with E-state index >= 15 is 0 Å². The first-order valence-corrected chi connectivity index (χ1v) is 5.81. The molecule has 0 atom stereocenters. The van der Waals surface area contributed by atoms with Crippen LogP contribution in [0.5, 0.6) is 0 Å². The van der Waals surface area contributed by atoms with Crippen molar-refractivity contribution in [1.29, 1.82) is 0 Å². The highest BCUT2D eigenvalue weighted by molar-refractivity contribution is 5.58. The molecule has 0 saturated heterocycles. The summed E-state index contributed by atoms with van der Waals surface area (Å²) in [7, 11) is 0. The molecule has 0 unspecified atom stereocenters. The molecule has 7 heteroatoms. The number of rotatable bonds is 1. The molecule has 0 aliphatic heterocycles. The molecule has 0 aliphatic carbocycles. The number of aromatic nitrogens is 4. The second kappa shape index (κ2) is 4.29. The van der Waals surface area contributed by atoms with Crippen LogP contribution in [0.4, 0.5) is 13.2 Å². The summed E-state index contributed by atoms with van der Waals surface area (Å²) in [5.74, 6) is 0.386. The summed E-state index contributed by atoms with van der Waals surface area (Å²) >= 11 is 0. The van der Waals surface area contributed by atoms with E-state index in [0.717, 1.165) is 17.2 Å². The molecule has 3 rings (SSSR count). The Morgan fingerprint density at radius 2 is 1.70 bits per heavy atom. The van der Waals surface area contributed by atoms with Gasteiger partial charge < -0.3 is 0 Å². The number of fused-ring (bicyclic) bond motifs is 1. The van der Waals surface area contributed by atoms with Crippen LogP contribution in [0.15, 0.2) is 36.5 Å². The van der Waals surface area contributed by atoms with Gasteiger partial charge in [0.2, 0.25) is 0 Å². The van der Waals surface area contributed by atoms with Gasteiger partial charge >= 0.3 is 6.18 Å². The van der Waals surface area contributed by atoms with Crippen LogP contribution in [0, 0.1) is 6.92 Å². The van der Waals surface area contributed by atoms with Crippen LogP contribution in [0.2, 0.25) is 0 Å². The van der Waals surface area contributed by atoms with E-state index in [1.165, 1.54) is 10.6 Å². The molecule has 2 aromatic heterocycles. The highest BCUT2D eigenvalue weighted by atomic mass is 19.4. The van der Waals surface area contributed by atoms with E-state index in [1.54, 1.807) is 0 Å². The molecule has 0 amide bonds. The van der Waals surface area contributed by atoms with Crippen molar-refractivity contribution >= 4 is 5.78 Å². The summed E-state index contributed by atoms with van der Waals surface area (Å²) in [6.07, 6.45) is -3.21. The van der Waals surface area contributed by atoms with E-state index in [2.05, 4.69) is 15.2 Å². The summed E-state index contributed by atoms with van der Waals surface area (Å²) in [4.78, 5) is 3.47. The minimum absolute atomic E-state index is 0.0737. The maximum absolute atomic E-state index is 12.6. The summed E-state index contributed by atoms with van der Waals surface area (Å²) in [5.41, 5.74) is 0.873. The van der Waals surface area contributed by atoms with Crippen molar-refractivity contribution in [1.82, 2.24) is 19.6 Å². The average molecular weight is 278 g/mol. The molecular formula is C13H9F3N4. The summed E-state index contributed by atoms with van der Waals surface area (Å²) in [6, 6.07) is 8.38. The molecule has 0 N–H and O–H groups in total. The van der Waals surface area contributed by atoms with Gasteiger partial charge in [-0.05, 0) is 13.0 Å². The largest absolute Gasteiger partial charge is 0.433 e. The topological polar surface area (TPSA) is 43.1 Å². The normalized spacial score (nSPS) is 12.0. The SMILES string of the molecule is Cc1ccc(-c2nnc3nc(C(F)(F)F)ccn23)cc1. The Kier molecular flexibility index (Phi) is 2.70. The molecule has 0 aliphatic rings. The Morgan fingerprint density at radius 1 is 1.00 bits per heavy atom. The first kappa shape index (κ1) is 12.6. The number of halogens is 3. The highest BCUT2D eigenvalue weighted by Crippen LogP contribution is 2.28. The predicted molar refractivity (Wildman–Crippen MR) is 66.0 cm³/mol. The zero-order chi connectivity index (χ0) is 14.3. The van der Waals surface area contributed by atoms with E-state index in [0.29, 0.717) is 5.82 Å². The quantitative estimate of drug-likeness (QED) is 0.687. The Balaban J connectivity index is 2.13. The van der Waals surface area contributed by atoms with E-state index in [9.17, 15) is 13.2 Å². The van der Waals surface area contributed by atoms with E-state index in [1.807, 2.05) is 31.2 Å². The fourth-order valence-electron chi connectivity index (χ4n) is 1.84. The maximum Gasteiger partial charge on any atom is 0.433 e. The third kappa shape index (κ3) is 2.11. The smallest absolute Gasteiger partial charge is 0.266 e. The Morgan fingerprint density at radius 3 is 2.35 bits per heavy atom. The highest BCUT2D eigenvalue weighted by Gasteiger charge is 2.33. The number of hydrogen-bond donors (Lipinski definition) is 0. The lowest BCUT2D eigenvalue weighted by Crippen LogP contribution is -2.09. The first-order chi connectivity index (χ1) is 9.45. The minimum Gasteiger partial charge on any atom is -0.266 e. The van der Waals surface area contributed by atoms with Crippen LogP contribution in [0.3, 0.4) is 0 Å². The van der Waals surface area contributed by atoms with Crippen LogP contribution >= 0.6 is 0 Å². The van der Waals surface area contributed by atoms with Gasteiger partial charge in [0.1, 0.15) is 5.69 Å².